The number of hydrogen-bond donors (Lipinski definition) is 3. The van der Waals surface area contributed by atoms with Crippen LogP contribution < -0.4 is 25.4 Å². The van der Waals surface area contributed by atoms with Gasteiger partial charge in [-0.2, -0.15) is 0 Å². The van der Waals surface area contributed by atoms with Gasteiger partial charge in [-0.15, -0.1) is 11.8 Å². The molecular formula is C38H32BrN3O5S. The number of nitrogens with one attached hydrogen (secondary N) is 3. The second-order valence-electron chi connectivity index (χ2n) is 10.3. The molecule has 48 heavy (non-hydrogen) atoms. The zero-order chi connectivity index (χ0) is 33.9. The minimum atomic E-state index is -0.592. The van der Waals surface area contributed by atoms with Gasteiger partial charge in [0, 0.05) is 26.2 Å². The van der Waals surface area contributed by atoms with Gasteiger partial charge in [0.05, 0.1) is 19.9 Å². The summed E-state index contributed by atoms with van der Waals surface area (Å²) < 4.78 is 11.8. The topological polar surface area (TPSA) is 106 Å². The SMILES string of the molecule is COc1cccc(/C=C(/NC(=O)c2ccccc2)C(=O)Nc2cccc(SC(C(=O)Nc3ccccc3Br)c3ccccc3)c2)c1OC. The predicted octanol–water partition coefficient (Wildman–Crippen LogP) is 8.35. The summed E-state index contributed by atoms with van der Waals surface area (Å²) in [6.07, 6.45) is 1.54. The lowest BCUT2D eigenvalue weighted by Crippen LogP contribution is -2.30. The molecule has 8 nitrogen and oxygen atoms in total. The fourth-order valence-corrected chi connectivity index (χ4v) is 6.23. The number of anilines is 2. The number of halogens is 1. The lowest BCUT2D eigenvalue weighted by molar-refractivity contribution is -0.116. The average molecular weight is 723 g/mol. The van der Waals surface area contributed by atoms with Crippen LogP contribution in [-0.2, 0) is 9.59 Å². The summed E-state index contributed by atoms with van der Waals surface area (Å²) in [5, 5.41) is 8.08. The molecular weight excluding hydrogens is 690 g/mol. The molecule has 242 valence electrons. The monoisotopic (exact) mass is 721 g/mol. The zero-order valence-corrected chi connectivity index (χ0v) is 28.5. The van der Waals surface area contributed by atoms with Crippen molar-refractivity contribution in [3.8, 4) is 11.5 Å². The fourth-order valence-electron chi connectivity index (χ4n) is 4.77. The predicted molar refractivity (Wildman–Crippen MR) is 194 cm³/mol. The van der Waals surface area contributed by atoms with Crippen molar-refractivity contribution in [1.82, 2.24) is 5.32 Å². The molecule has 0 fully saturated rings. The van der Waals surface area contributed by atoms with E-state index in [2.05, 4.69) is 31.9 Å². The van der Waals surface area contributed by atoms with E-state index in [1.54, 1.807) is 66.7 Å². The summed E-state index contributed by atoms with van der Waals surface area (Å²) in [4.78, 5) is 41.3. The summed E-state index contributed by atoms with van der Waals surface area (Å²) >= 11 is 4.85. The summed E-state index contributed by atoms with van der Waals surface area (Å²) in [7, 11) is 3.02. The number of carbonyl (C=O) groups excluding carboxylic acids is 3. The number of thioether (sulfide) groups is 1. The standard InChI is InChI=1S/C38H32BrN3O5S/c1-46-33-22-11-17-27(34(33)47-2)23-32(42-36(43)26-15-7-4-8-16-26)37(44)40-28-18-12-19-29(24-28)48-35(25-13-5-3-6-14-25)38(45)41-31-21-10-9-20-30(31)39/h3-24,35H,1-2H3,(H,40,44)(H,41,45)(H,42,43)/b32-23+. The molecule has 0 aliphatic heterocycles. The van der Waals surface area contributed by atoms with E-state index in [9.17, 15) is 14.4 Å². The summed E-state index contributed by atoms with van der Waals surface area (Å²) in [5.74, 6) is -0.330. The quantitative estimate of drug-likeness (QED) is 0.0884. The minimum Gasteiger partial charge on any atom is -0.493 e. The van der Waals surface area contributed by atoms with Gasteiger partial charge in [-0.1, -0.05) is 78.9 Å². The first-order valence-electron chi connectivity index (χ1n) is 14.8. The Bertz CT molecular complexity index is 1940. The normalized spacial score (nSPS) is 11.6. The molecule has 0 spiro atoms. The first-order chi connectivity index (χ1) is 23.4. The number of benzene rings is 5. The third-order valence-corrected chi connectivity index (χ3v) is 9.02. The van der Waals surface area contributed by atoms with Crippen LogP contribution in [0.1, 0.15) is 26.7 Å². The lowest BCUT2D eigenvalue weighted by Gasteiger charge is -2.18. The van der Waals surface area contributed by atoms with Gasteiger partial charge in [0.15, 0.2) is 11.5 Å². The lowest BCUT2D eigenvalue weighted by atomic mass is 10.1. The maximum absolute atomic E-state index is 13.8. The van der Waals surface area contributed by atoms with E-state index in [0.29, 0.717) is 34.0 Å². The highest BCUT2D eigenvalue weighted by molar-refractivity contribution is 9.10. The average Bonchev–Trinajstić information content (AvgIpc) is 3.12. The van der Waals surface area contributed by atoms with Gasteiger partial charge in [0.25, 0.3) is 11.8 Å². The van der Waals surface area contributed by atoms with Crippen LogP contribution in [0.25, 0.3) is 6.08 Å². The van der Waals surface area contributed by atoms with E-state index in [1.807, 2.05) is 60.7 Å². The Morgan fingerprint density at radius 1 is 0.750 bits per heavy atom. The Morgan fingerprint density at radius 3 is 2.15 bits per heavy atom. The number of hydrogen-bond acceptors (Lipinski definition) is 6. The molecule has 1 atom stereocenters. The minimum absolute atomic E-state index is 0.0107. The Kier molecular flexibility index (Phi) is 11.7. The molecule has 3 amide bonds. The molecule has 0 aromatic heterocycles. The molecule has 0 saturated carbocycles. The highest BCUT2D eigenvalue weighted by Gasteiger charge is 2.23. The van der Waals surface area contributed by atoms with Gasteiger partial charge in [-0.05, 0) is 76.1 Å². The van der Waals surface area contributed by atoms with Crippen molar-refractivity contribution in [3.05, 3.63) is 154 Å². The van der Waals surface area contributed by atoms with E-state index in [-0.39, 0.29) is 11.6 Å². The van der Waals surface area contributed by atoms with Gasteiger partial charge in [-0.3, -0.25) is 14.4 Å². The first-order valence-corrected chi connectivity index (χ1v) is 16.5. The van der Waals surface area contributed by atoms with Gasteiger partial charge in [-0.25, -0.2) is 0 Å². The van der Waals surface area contributed by atoms with Crippen LogP contribution in [0, 0.1) is 0 Å². The van der Waals surface area contributed by atoms with Gasteiger partial charge in [0.2, 0.25) is 5.91 Å². The van der Waals surface area contributed by atoms with E-state index in [4.69, 9.17) is 9.47 Å². The number of carbonyl (C=O) groups is 3. The molecule has 0 saturated heterocycles. The van der Waals surface area contributed by atoms with Crippen molar-refractivity contribution in [2.45, 2.75) is 10.1 Å². The highest BCUT2D eigenvalue weighted by Crippen LogP contribution is 2.38. The molecule has 5 aromatic carbocycles. The van der Waals surface area contributed by atoms with Crippen molar-refractivity contribution >= 4 is 62.9 Å². The molecule has 0 radical (unpaired) electrons. The zero-order valence-electron chi connectivity index (χ0n) is 26.1. The fraction of sp³-hybridized carbons (Fsp3) is 0.0789. The van der Waals surface area contributed by atoms with Crippen LogP contribution in [0.2, 0.25) is 0 Å². The van der Waals surface area contributed by atoms with Crippen molar-refractivity contribution in [2.75, 3.05) is 24.9 Å². The molecule has 5 rings (SSSR count). The van der Waals surface area contributed by atoms with Gasteiger partial charge in [0.1, 0.15) is 10.9 Å². The smallest absolute Gasteiger partial charge is 0.272 e. The van der Waals surface area contributed by atoms with Crippen LogP contribution in [0.15, 0.2) is 142 Å². The maximum atomic E-state index is 13.8. The van der Waals surface area contributed by atoms with Crippen molar-refractivity contribution in [2.24, 2.45) is 0 Å². The number of ether oxygens (including phenoxy) is 2. The number of rotatable bonds is 12. The molecule has 5 aromatic rings. The summed E-state index contributed by atoms with van der Waals surface area (Å²) in [6, 6.07) is 38.0. The third kappa shape index (κ3) is 8.72. The van der Waals surface area contributed by atoms with Crippen LogP contribution in [0.5, 0.6) is 11.5 Å². The van der Waals surface area contributed by atoms with E-state index >= 15 is 0 Å². The number of methoxy groups -OCH3 is 2. The van der Waals surface area contributed by atoms with Crippen LogP contribution in [0.4, 0.5) is 11.4 Å². The summed E-state index contributed by atoms with van der Waals surface area (Å²) in [5.41, 5.74) is 2.86. The highest BCUT2D eigenvalue weighted by atomic mass is 79.9. The molecule has 0 heterocycles. The Hall–Kier alpha value is -5.32. The van der Waals surface area contributed by atoms with Crippen molar-refractivity contribution in [3.63, 3.8) is 0 Å². The Balaban J connectivity index is 1.42. The van der Waals surface area contributed by atoms with Crippen LogP contribution in [0.3, 0.4) is 0 Å². The molecule has 3 N–H and O–H groups in total. The Labute approximate surface area is 291 Å². The first kappa shape index (κ1) is 34.0. The molecule has 0 bridgehead atoms. The Morgan fingerprint density at radius 2 is 1.44 bits per heavy atom. The van der Waals surface area contributed by atoms with E-state index < -0.39 is 17.1 Å². The van der Waals surface area contributed by atoms with E-state index in [0.717, 1.165) is 14.9 Å². The number of amides is 3. The van der Waals surface area contributed by atoms with Gasteiger partial charge < -0.3 is 25.4 Å². The second kappa shape index (κ2) is 16.5. The number of para-hydroxylation sites is 2. The van der Waals surface area contributed by atoms with Crippen LogP contribution in [-0.4, -0.2) is 31.9 Å². The molecule has 0 aliphatic rings. The third-order valence-electron chi connectivity index (χ3n) is 7.08. The second-order valence-corrected chi connectivity index (χ2v) is 12.4. The van der Waals surface area contributed by atoms with E-state index in [1.165, 1.54) is 32.1 Å². The van der Waals surface area contributed by atoms with Gasteiger partial charge >= 0.3 is 0 Å². The summed E-state index contributed by atoms with van der Waals surface area (Å²) in [6.45, 7) is 0. The molecule has 10 heteroatoms. The maximum Gasteiger partial charge on any atom is 0.272 e. The largest absolute Gasteiger partial charge is 0.493 e. The van der Waals surface area contributed by atoms with Crippen molar-refractivity contribution < 1.29 is 23.9 Å². The molecule has 1 unspecified atom stereocenters. The van der Waals surface area contributed by atoms with Crippen LogP contribution >= 0.6 is 27.7 Å². The van der Waals surface area contributed by atoms with Crippen molar-refractivity contribution in [1.29, 1.82) is 0 Å². The molecule has 0 aliphatic carbocycles.